The van der Waals surface area contributed by atoms with Crippen LogP contribution in [0.2, 0.25) is 0 Å². The highest BCUT2D eigenvalue weighted by molar-refractivity contribution is 7.98. The standard InChI is InChI=1S/C17H20N8O2S/c1-28-17-20-14(24-7-2-3-8-24)11-10-19-25(15(11)21-17)9-6-18-16(27)12-4-5-13(26)23-22-12/h4-5,10H,2-3,6-9H2,1H3,(H,18,27)(H,23,26). The Bertz CT molecular complexity index is 1040. The van der Waals surface area contributed by atoms with Crippen LogP contribution in [0.25, 0.3) is 11.0 Å². The number of nitrogens with one attached hydrogen (secondary N) is 2. The number of nitrogens with zero attached hydrogens (tertiary/aromatic N) is 6. The summed E-state index contributed by atoms with van der Waals surface area (Å²) in [5.74, 6) is 0.574. The summed E-state index contributed by atoms with van der Waals surface area (Å²) in [6.45, 7) is 2.80. The number of amides is 1. The molecule has 10 nitrogen and oxygen atoms in total. The maximum atomic E-state index is 12.1. The third-order valence-electron chi connectivity index (χ3n) is 4.56. The van der Waals surface area contributed by atoms with Crippen molar-refractivity contribution < 1.29 is 4.79 Å². The second-order valence-corrected chi connectivity index (χ2v) is 7.17. The minimum atomic E-state index is -0.357. The minimum absolute atomic E-state index is 0.160. The number of carbonyl (C=O) groups excluding carboxylic acids is 1. The smallest absolute Gasteiger partial charge is 0.271 e. The molecule has 2 N–H and O–H groups in total. The molecular formula is C17H20N8O2S. The summed E-state index contributed by atoms with van der Waals surface area (Å²) < 4.78 is 1.77. The van der Waals surface area contributed by atoms with Gasteiger partial charge in [-0.2, -0.15) is 10.2 Å². The van der Waals surface area contributed by atoms with Gasteiger partial charge in [0, 0.05) is 25.7 Å². The van der Waals surface area contributed by atoms with Gasteiger partial charge in [-0.3, -0.25) is 9.59 Å². The van der Waals surface area contributed by atoms with Crippen LogP contribution in [0.5, 0.6) is 0 Å². The van der Waals surface area contributed by atoms with E-state index in [1.165, 1.54) is 36.7 Å². The average Bonchev–Trinajstić information content (AvgIpc) is 3.38. The number of carbonyl (C=O) groups is 1. The first-order chi connectivity index (χ1) is 13.7. The second kappa shape index (κ2) is 7.97. The van der Waals surface area contributed by atoms with Gasteiger partial charge < -0.3 is 10.2 Å². The van der Waals surface area contributed by atoms with Gasteiger partial charge in [0.15, 0.2) is 10.8 Å². The number of aromatic amines is 1. The Kier molecular flexibility index (Phi) is 5.24. The molecule has 3 aromatic heterocycles. The van der Waals surface area contributed by atoms with Crippen LogP contribution in [-0.4, -0.2) is 61.7 Å². The zero-order valence-electron chi connectivity index (χ0n) is 15.4. The topological polar surface area (TPSA) is 122 Å². The Morgan fingerprint density at radius 2 is 2.11 bits per heavy atom. The normalized spacial score (nSPS) is 14.0. The van der Waals surface area contributed by atoms with Gasteiger partial charge >= 0.3 is 0 Å². The summed E-state index contributed by atoms with van der Waals surface area (Å²) in [5, 5.41) is 14.8. The Morgan fingerprint density at radius 1 is 1.29 bits per heavy atom. The average molecular weight is 400 g/mol. The summed E-state index contributed by atoms with van der Waals surface area (Å²) in [7, 11) is 0. The van der Waals surface area contributed by atoms with Gasteiger partial charge in [-0.05, 0) is 25.2 Å². The molecule has 1 amide bonds. The van der Waals surface area contributed by atoms with Crippen LogP contribution in [0.3, 0.4) is 0 Å². The fourth-order valence-corrected chi connectivity index (χ4v) is 3.54. The molecule has 3 aromatic rings. The van der Waals surface area contributed by atoms with E-state index in [1.54, 1.807) is 10.9 Å². The van der Waals surface area contributed by atoms with Gasteiger partial charge in [0.2, 0.25) is 0 Å². The molecule has 1 saturated heterocycles. The largest absolute Gasteiger partial charge is 0.356 e. The number of hydrogen-bond acceptors (Lipinski definition) is 8. The van der Waals surface area contributed by atoms with Crippen molar-refractivity contribution in [2.45, 2.75) is 24.5 Å². The lowest BCUT2D eigenvalue weighted by Gasteiger charge is -2.17. The van der Waals surface area contributed by atoms with E-state index >= 15 is 0 Å². The van der Waals surface area contributed by atoms with Crippen LogP contribution < -0.4 is 15.8 Å². The van der Waals surface area contributed by atoms with E-state index in [9.17, 15) is 9.59 Å². The first-order valence-corrected chi connectivity index (χ1v) is 10.2. The Labute approximate surface area is 164 Å². The lowest BCUT2D eigenvalue weighted by Crippen LogP contribution is -2.29. The number of H-pyrrole nitrogens is 1. The van der Waals surface area contributed by atoms with Crippen molar-refractivity contribution in [1.29, 1.82) is 0 Å². The molecule has 0 unspecified atom stereocenters. The first-order valence-electron chi connectivity index (χ1n) is 9.02. The number of fused-ring (bicyclic) bond motifs is 1. The SMILES string of the molecule is CSc1nc(N2CCCC2)c2cnn(CCNC(=O)c3ccc(=O)[nH]n3)c2n1. The van der Waals surface area contributed by atoms with Crippen molar-refractivity contribution in [3.63, 3.8) is 0 Å². The number of thioether (sulfide) groups is 1. The number of anilines is 1. The van der Waals surface area contributed by atoms with Gasteiger partial charge in [0.1, 0.15) is 11.5 Å². The van der Waals surface area contributed by atoms with Crippen molar-refractivity contribution in [3.8, 4) is 0 Å². The quantitative estimate of drug-likeness (QED) is 0.457. The highest BCUT2D eigenvalue weighted by atomic mass is 32.2. The zero-order chi connectivity index (χ0) is 19.5. The summed E-state index contributed by atoms with van der Waals surface area (Å²) in [5.41, 5.74) is 0.573. The van der Waals surface area contributed by atoms with Crippen LogP contribution in [0.4, 0.5) is 5.82 Å². The van der Waals surface area contributed by atoms with Crippen molar-refractivity contribution >= 4 is 34.5 Å². The lowest BCUT2D eigenvalue weighted by molar-refractivity contribution is 0.0946. The number of aromatic nitrogens is 6. The molecule has 4 rings (SSSR count). The van der Waals surface area contributed by atoms with Crippen LogP contribution in [0, 0.1) is 0 Å². The van der Waals surface area contributed by atoms with Gasteiger partial charge in [-0.15, -0.1) is 0 Å². The molecule has 0 atom stereocenters. The van der Waals surface area contributed by atoms with E-state index in [1.807, 2.05) is 6.26 Å². The maximum Gasteiger partial charge on any atom is 0.271 e. The fraction of sp³-hybridized carbons (Fsp3) is 0.412. The van der Waals surface area contributed by atoms with Gasteiger partial charge in [-0.1, -0.05) is 11.8 Å². The molecule has 1 aliphatic heterocycles. The molecule has 0 saturated carbocycles. The van der Waals surface area contributed by atoms with E-state index in [0.717, 1.165) is 29.9 Å². The molecule has 0 spiro atoms. The molecule has 11 heteroatoms. The Morgan fingerprint density at radius 3 is 2.82 bits per heavy atom. The molecule has 0 bridgehead atoms. The summed E-state index contributed by atoms with van der Waals surface area (Å²) in [6.07, 6.45) is 6.07. The van der Waals surface area contributed by atoms with Crippen molar-refractivity contribution in [1.82, 2.24) is 35.3 Å². The van der Waals surface area contributed by atoms with Crippen molar-refractivity contribution in [2.24, 2.45) is 0 Å². The molecule has 0 aromatic carbocycles. The molecule has 28 heavy (non-hydrogen) atoms. The minimum Gasteiger partial charge on any atom is -0.356 e. The lowest BCUT2D eigenvalue weighted by atomic mass is 10.3. The van der Waals surface area contributed by atoms with Gasteiger partial charge in [0.25, 0.3) is 11.5 Å². The molecule has 0 radical (unpaired) electrons. The summed E-state index contributed by atoms with van der Waals surface area (Å²) >= 11 is 1.50. The van der Waals surface area contributed by atoms with Gasteiger partial charge in [-0.25, -0.2) is 19.7 Å². The van der Waals surface area contributed by atoms with Crippen LogP contribution in [-0.2, 0) is 6.54 Å². The van der Waals surface area contributed by atoms with Crippen LogP contribution >= 0.6 is 11.8 Å². The fourth-order valence-electron chi connectivity index (χ4n) is 3.18. The Hall–Kier alpha value is -2.95. The van der Waals surface area contributed by atoms with E-state index in [-0.39, 0.29) is 17.2 Å². The predicted octanol–water partition coefficient (Wildman–Crippen LogP) is 0.662. The third kappa shape index (κ3) is 3.70. The number of rotatable bonds is 6. The highest BCUT2D eigenvalue weighted by Gasteiger charge is 2.20. The molecular weight excluding hydrogens is 380 g/mol. The van der Waals surface area contributed by atoms with Crippen LogP contribution in [0.1, 0.15) is 23.3 Å². The van der Waals surface area contributed by atoms with Gasteiger partial charge in [0.05, 0.1) is 18.1 Å². The van der Waals surface area contributed by atoms with Crippen molar-refractivity contribution in [3.05, 3.63) is 34.4 Å². The molecule has 1 fully saturated rings. The second-order valence-electron chi connectivity index (χ2n) is 6.40. The highest BCUT2D eigenvalue weighted by Crippen LogP contribution is 2.28. The maximum absolute atomic E-state index is 12.1. The zero-order valence-corrected chi connectivity index (χ0v) is 16.2. The predicted molar refractivity (Wildman–Crippen MR) is 106 cm³/mol. The number of hydrogen-bond donors (Lipinski definition) is 2. The van der Waals surface area contributed by atoms with Crippen molar-refractivity contribution in [2.75, 3.05) is 30.8 Å². The van der Waals surface area contributed by atoms with Crippen LogP contribution in [0.15, 0.2) is 28.3 Å². The molecule has 1 aliphatic rings. The Balaban J connectivity index is 1.51. The van der Waals surface area contributed by atoms with E-state index in [0.29, 0.717) is 18.2 Å². The summed E-state index contributed by atoms with van der Waals surface area (Å²) in [4.78, 5) is 34.7. The van der Waals surface area contributed by atoms with E-state index < -0.39 is 0 Å². The summed E-state index contributed by atoms with van der Waals surface area (Å²) in [6, 6.07) is 2.65. The van der Waals surface area contributed by atoms with E-state index in [2.05, 4.69) is 35.5 Å². The molecule has 4 heterocycles. The first kappa shape index (κ1) is 18.4. The molecule has 146 valence electrons. The molecule has 0 aliphatic carbocycles. The monoisotopic (exact) mass is 400 g/mol. The third-order valence-corrected chi connectivity index (χ3v) is 5.11. The van der Waals surface area contributed by atoms with E-state index in [4.69, 9.17) is 0 Å².